The lowest BCUT2D eigenvalue weighted by atomic mass is 9.94. The highest BCUT2D eigenvalue weighted by Crippen LogP contribution is 2.26. The summed E-state index contributed by atoms with van der Waals surface area (Å²) in [4.78, 5) is 0. The van der Waals surface area contributed by atoms with E-state index in [4.69, 9.17) is 10.5 Å². The molecule has 0 heterocycles. The van der Waals surface area contributed by atoms with Crippen molar-refractivity contribution in [3.8, 4) is 0 Å². The molecule has 1 aromatic carbocycles. The summed E-state index contributed by atoms with van der Waals surface area (Å²) in [5.74, 6) is -0.0585. The molecule has 0 spiro atoms. The van der Waals surface area contributed by atoms with Gasteiger partial charge in [0.1, 0.15) is 5.82 Å². The molecule has 0 saturated carbocycles. The third-order valence-electron chi connectivity index (χ3n) is 2.60. The van der Waals surface area contributed by atoms with Gasteiger partial charge in [0.25, 0.3) is 0 Å². The molecule has 0 amide bonds. The quantitative estimate of drug-likeness (QED) is 0.923. The van der Waals surface area contributed by atoms with Crippen LogP contribution in [-0.2, 0) is 4.74 Å². The Morgan fingerprint density at radius 1 is 1.38 bits per heavy atom. The number of hydrogen-bond acceptors (Lipinski definition) is 2. The molecule has 2 atom stereocenters. The van der Waals surface area contributed by atoms with Crippen LogP contribution >= 0.6 is 15.9 Å². The van der Waals surface area contributed by atoms with Crippen LogP contribution in [0, 0.1) is 11.7 Å². The van der Waals surface area contributed by atoms with Gasteiger partial charge in [-0.3, -0.25) is 0 Å². The lowest BCUT2D eigenvalue weighted by molar-refractivity contribution is 0.0428. The van der Waals surface area contributed by atoms with E-state index in [9.17, 15) is 4.39 Å². The topological polar surface area (TPSA) is 35.2 Å². The van der Waals surface area contributed by atoms with Crippen LogP contribution in [0.5, 0.6) is 0 Å². The molecule has 1 aromatic rings. The van der Waals surface area contributed by atoms with E-state index in [1.165, 1.54) is 6.07 Å². The Labute approximate surface area is 104 Å². The molecular weight excluding hydrogens is 273 g/mol. The first-order chi connectivity index (χ1) is 7.47. The number of benzene rings is 1. The van der Waals surface area contributed by atoms with Gasteiger partial charge in [-0.05, 0) is 24.1 Å². The van der Waals surface area contributed by atoms with Crippen LogP contribution in [-0.4, -0.2) is 13.2 Å². The van der Waals surface area contributed by atoms with Crippen molar-refractivity contribution < 1.29 is 9.13 Å². The number of hydrogen-bond donors (Lipinski definition) is 1. The molecular formula is C12H17BrFNO. The predicted molar refractivity (Wildman–Crippen MR) is 66.7 cm³/mol. The second-order valence-corrected chi connectivity index (χ2v) is 5.05. The fraction of sp³-hybridized carbons (Fsp3) is 0.500. The molecule has 0 aliphatic heterocycles. The van der Waals surface area contributed by atoms with E-state index in [0.717, 1.165) is 4.47 Å². The van der Waals surface area contributed by atoms with E-state index >= 15 is 0 Å². The number of methoxy groups -OCH3 is 1. The lowest BCUT2D eigenvalue weighted by Crippen LogP contribution is -2.33. The zero-order chi connectivity index (χ0) is 12.3. The first-order valence-electron chi connectivity index (χ1n) is 5.20. The molecule has 90 valence electrons. The monoisotopic (exact) mass is 289 g/mol. The van der Waals surface area contributed by atoms with E-state index in [1.807, 2.05) is 13.8 Å². The van der Waals surface area contributed by atoms with Crippen molar-refractivity contribution in [2.75, 3.05) is 7.11 Å². The maximum absolute atomic E-state index is 13.6. The maximum atomic E-state index is 13.6. The van der Waals surface area contributed by atoms with Crippen molar-refractivity contribution in [2.24, 2.45) is 11.7 Å². The highest BCUT2D eigenvalue weighted by Gasteiger charge is 2.24. The molecule has 0 radical (unpaired) electrons. The van der Waals surface area contributed by atoms with Crippen LogP contribution in [0.25, 0.3) is 0 Å². The van der Waals surface area contributed by atoms with Gasteiger partial charge in [-0.15, -0.1) is 0 Å². The van der Waals surface area contributed by atoms with E-state index < -0.39 is 6.04 Å². The molecule has 0 aliphatic carbocycles. The average Bonchev–Trinajstić information content (AvgIpc) is 2.22. The van der Waals surface area contributed by atoms with E-state index in [0.29, 0.717) is 5.56 Å². The Morgan fingerprint density at radius 3 is 2.50 bits per heavy atom. The molecule has 2 unspecified atom stereocenters. The van der Waals surface area contributed by atoms with Gasteiger partial charge in [-0.1, -0.05) is 29.8 Å². The molecule has 2 N–H and O–H groups in total. The van der Waals surface area contributed by atoms with Crippen LogP contribution in [0.1, 0.15) is 25.5 Å². The Hall–Kier alpha value is -0.450. The molecule has 4 heteroatoms. The first kappa shape index (κ1) is 13.6. The standard InChI is InChI=1S/C12H17BrFNO/c1-7(2)12(16-3)11(15)9-6-8(13)4-5-10(9)14/h4-7,11-12H,15H2,1-3H3. The summed E-state index contributed by atoms with van der Waals surface area (Å²) in [6, 6.07) is 4.31. The average molecular weight is 290 g/mol. The minimum Gasteiger partial charge on any atom is -0.379 e. The summed E-state index contributed by atoms with van der Waals surface area (Å²) in [6.07, 6.45) is -0.191. The lowest BCUT2D eigenvalue weighted by Gasteiger charge is -2.26. The van der Waals surface area contributed by atoms with Gasteiger partial charge in [0.05, 0.1) is 12.1 Å². The summed E-state index contributed by atoms with van der Waals surface area (Å²) in [7, 11) is 1.60. The van der Waals surface area contributed by atoms with Crippen LogP contribution in [0.3, 0.4) is 0 Å². The van der Waals surface area contributed by atoms with Gasteiger partial charge in [0.15, 0.2) is 0 Å². The van der Waals surface area contributed by atoms with Gasteiger partial charge in [0.2, 0.25) is 0 Å². The van der Waals surface area contributed by atoms with Crippen LogP contribution in [0.4, 0.5) is 4.39 Å². The number of nitrogens with two attached hydrogens (primary N) is 1. The van der Waals surface area contributed by atoms with Gasteiger partial charge in [-0.2, -0.15) is 0 Å². The van der Waals surface area contributed by atoms with Crippen molar-refractivity contribution in [3.05, 3.63) is 34.1 Å². The van der Waals surface area contributed by atoms with Gasteiger partial charge < -0.3 is 10.5 Å². The third kappa shape index (κ3) is 3.03. The van der Waals surface area contributed by atoms with Gasteiger partial charge in [-0.25, -0.2) is 4.39 Å². The van der Waals surface area contributed by atoms with Crippen molar-refractivity contribution in [3.63, 3.8) is 0 Å². The second kappa shape index (κ2) is 5.75. The fourth-order valence-electron chi connectivity index (χ4n) is 1.78. The molecule has 0 bridgehead atoms. The molecule has 0 aromatic heterocycles. The van der Waals surface area contributed by atoms with Crippen LogP contribution in [0.2, 0.25) is 0 Å². The zero-order valence-electron chi connectivity index (χ0n) is 9.71. The molecule has 1 rings (SSSR count). The minimum absolute atomic E-state index is 0.191. The summed E-state index contributed by atoms with van der Waals surface area (Å²) in [5.41, 5.74) is 6.52. The van der Waals surface area contributed by atoms with Crippen LogP contribution in [0.15, 0.2) is 22.7 Å². The SMILES string of the molecule is COC(C(C)C)C(N)c1cc(Br)ccc1F. The van der Waals surface area contributed by atoms with E-state index in [2.05, 4.69) is 15.9 Å². The molecule has 2 nitrogen and oxygen atoms in total. The molecule has 0 fully saturated rings. The number of ether oxygens (including phenoxy) is 1. The van der Waals surface area contributed by atoms with Gasteiger partial charge >= 0.3 is 0 Å². The highest BCUT2D eigenvalue weighted by molar-refractivity contribution is 9.10. The van der Waals surface area contributed by atoms with E-state index in [1.54, 1.807) is 19.2 Å². The summed E-state index contributed by atoms with van der Waals surface area (Å²) >= 11 is 3.31. The Balaban J connectivity index is 3.02. The predicted octanol–water partition coefficient (Wildman–Crippen LogP) is 3.26. The largest absolute Gasteiger partial charge is 0.379 e. The molecule has 16 heavy (non-hydrogen) atoms. The Kier molecular flexibility index (Phi) is 4.89. The van der Waals surface area contributed by atoms with Gasteiger partial charge in [0, 0.05) is 17.1 Å². The number of rotatable bonds is 4. The summed E-state index contributed by atoms with van der Waals surface area (Å²) in [6.45, 7) is 4.01. The van der Waals surface area contributed by atoms with Crippen molar-refractivity contribution in [1.29, 1.82) is 0 Å². The molecule has 0 aliphatic rings. The smallest absolute Gasteiger partial charge is 0.128 e. The summed E-state index contributed by atoms with van der Waals surface area (Å²) in [5, 5.41) is 0. The van der Waals surface area contributed by atoms with Crippen LogP contribution < -0.4 is 5.73 Å². The van der Waals surface area contributed by atoms with E-state index in [-0.39, 0.29) is 17.8 Å². The Morgan fingerprint density at radius 2 is 2.00 bits per heavy atom. The van der Waals surface area contributed by atoms with Crippen molar-refractivity contribution in [2.45, 2.75) is 26.0 Å². The molecule has 0 saturated heterocycles. The Bertz CT molecular complexity index is 357. The zero-order valence-corrected chi connectivity index (χ0v) is 11.3. The second-order valence-electron chi connectivity index (χ2n) is 4.14. The summed E-state index contributed by atoms with van der Waals surface area (Å²) < 4.78 is 19.8. The third-order valence-corrected chi connectivity index (χ3v) is 3.09. The minimum atomic E-state index is -0.456. The van der Waals surface area contributed by atoms with Crippen molar-refractivity contribution >= 4 is 15.9 Å². The van der Waals surface area contributed by atoms with Crippen molar-refractivity contribution in [1.82, 2.24) is 0 Å². The highest BCUT2D eigenvalue weighted by atomic mass is 79.9. The first-order valence-corrected chi connectivity index (χ1v) is 6.00. The number of halogens is 2. The normalized spacial score (nSPS) is 15.2. The maximum Gasteiger partial charge on any atom is 0.128 e. The fourth-order valence-corrected chi connectivity index (χ4v) is 2.16.